The molecule has 94 valence electrons. The number of ether oxygens (including phenoxy) is 1. The molecule has 0 amide bonds. The highest BCUT2D eigenvalue weighted by atomic mass is 79.9. The Bertz CT molecular complexity index is 396. The summed E-state index contributed by atoms with van der Waals surface area (Å²) in [5.41, 5.74) is 0. The molecule has 2 nitrogen and oxygen atoms in total. The average Bonchev–Trinajstić information content (AvgIpc) is 2.33. The summed E-state index contributed by atoms with van der Waals surface area (Å²) in [6.07, 6.45) is 3.54. The van der Waals surface area contributed by atoms with Crippen LogP contribution in [0.2, 0.25) is 5.02 Å². The van der Waals surface area contributed by atoms with Crippen LogP contribution < -0.4 is 10.1 Å². The van der Waals surface area contributed by atoms with E-state index in [9.17, 15) is 4.39 Å². The van der Waals surface area contributed by atoms with Gasteiger partial charge in [0, 0.05) is 12.1 Å². The smallest absolute Gasteiger partial charge is 0.145 e. The lowest BCUT2D eigenvalue weighted by Gasteiger charge is -2.23. The zero-order valence-corrected chi connectivity index (χ0v) is 11.7. The predicted octanol–water partition coefficient (Wildman–Crippen LogP) is 3.76. The van der Waals surface area contributed by atoms with Crippen molar-refractivity contribution in [2.45, 2.75) is 25.3 Å². The fourth-order valence-corrected chi connectivity index (χ4v) is 2.62. The second-order valence-electron chi connectivity index (χ2n) is 4.15. The Morgan fingerprint density at radius 3 is 3.00 bits per heavy atom. The van der Waals surface area contributed by atoms with Crippen molar-refractivity contribution in [1.82, 2.24) is 5.32 Å². The maximum absolute atomic E-state index is 13.3. The van der Waals surface area contributed by atoms with E-state index in [2.05, 4.69) is 21.2 Å². The number of halogens is 3. The molecule has 1 saturated heterocycles. The molecular weight excluding hydrogens is 308 g/mol. The van der Waals surface area contributed by atoms with E-state index in [-0.39, 0.29) is 5.02 Å². The van der Waals surface area contributed by atoms with Gasteiger partial charge in [0.2, 0.25) is 0 Å². The number of hydrogen-bond acceptors (Lipinski definition) is 2. The van der Waals surface area contributed by atoms with Crippen LogP contribution in [0.4, 0.5) is 4.39 Å². The second kappa shape index (κ2) is 6.03. The topological polar surface area (TPSA) is 21.3 Å². The largest absolute Gasteiger partial charge is 0.491 e. The summed E-state index contributed by atoms with van der Waals surface area (Å²) in [4.78, 5) is 0. The van der Waals surface area contributed by atoms with Gasteiger partial charge in [-0.1, -0.05) is 18.0 Å². The lowest BCUT2D eigenvalue weighted by molar-refractivity contribution is 0.237. The molecule has 1 atom stereocenters. The highest BCUT2D eigenvalue weighted by molar-refractivity contribution is 9.10. The zero-order valence-electron chi connectivity index (χ0n) is 9.31. The molecule has 5 heteroatoms. The molecule has 1 unspecified atom stereocenters. The molecule has 0 spiro atoms. The maximum Gasteiger partial charge on any atom is 0.145 e. The van der Waals surface area contributed by atoms with Crippen LogP contribution in [-0.4, -0.2) is 19.2 Å². The van der Waals surface area contributed by atoms with Gasteiger partial charge in [0.15, 0.2) is 0 Å². The van der Waals surface area contributed by atoms with E-state index in [1.165, 1.54) is 25.0 Å². The molecular formula is C12H14BrClFNO. The van der Waals surface area contributed by atoms with Crippen molar-refractivity contribution < 1.29 is 9.13 Å². The fraction of sp³-hybridized carbons (Fsp3) is 0.500. The minimum Gasteiger partial charge on any atom is -0.491 e. The number of rotatable bonds is 3. The number of benzene rings is 1. The molecule has 1 aliphatic heterocycles. The highest BCUT2D eigenvalue weighted by Gasteiger charge is 2.14. The first-order valence-electron chi connectivity index (χ1n) is 5.67. The van der Waals surface area contributed by atoms with Crippen molar-refractivity contribution in [2.75, 3.05) is 13.2 Å². The van der Waals surface area contributed by atoms with Gasteiger partial charge in [0.1, 0.15) is 18.2 Å². The number of hydrogen-bond donors (Lipinski definition) is 1. The number of nitrogens with one attached hydrogen (secondary N) is 1. The molecule has 0 saturated carbocycles. The van der Waals surface area contributed by atoms with Crippen molar-refractivity contribution >= 4 is 27.5 Å². The quantitative estimate of drug-likeness (QED) is 0.856. The van der Waals surface area contributed by atoms with E-state index < -0.39 is 5.82 Å². The summed E-state index contributed by atoms with van der Waals surface area (Å²) < 4.78 is 19.6. The molecule has 1 fully saturated rings. The van der Waals surface area contributed by atoms with E-state index in [1.54, 1.807) is 0 Å². The monoisotopic (exact) mass is 321 g/mol. The van der Waals surface area contributed by atoms with E-state index in [0.29, 0.717) is 22.9 Å². The van der Waals surface area contributed by atoms with Crippen LogP contribution in [0.5, 0.6) is 5.75 Å². The molecule has 0 aliphatic carbocycles. The summed E-state index contributed by atoms with van der Waals surface area (Å²) in [6.45, 7) is 1.59. The van der Waals surface area contributed by atoms with Crippen LogP contribution in [-0.2, 0) is 0 Å². The van der Waals surface area contributed by atoms with Gasteiger partial charge in [-0.05, 0) is 41.4 Å². The summed E-state index contributed by atoms with van der Waals surface area (Å²) in [5.74, 6) is 0.0424. The van der Waals surface area contributed by atoms with E-state index in [1.807, 2.05) is 0 Å². The fourth-order valence-electron chi connectivity index (χ4n) is 1.87. The van der Waals surface area contributed by atoms with Crippen LogP contribution in [0.15, 0.2) is 16.6 Å². The molecule has 1 aromatic carbocycles. The Morgan fingerprint density at radius 2 is 2.29 bits per heavy atom. The van der Waals surface area contributed by atoms with E-state index >= 15 is 0 Å². The molecule has 1 heterocycles. The normalized spacial score (nSPS) is 20.3. The van der Waals surface area contributed by atoms with Gasteiger partial charge in [0.05, 0.1) is 9.50 Å². The van der Waals surface area contributed by atoms with Crippen molar-refractivity contribution in [3.8, 4) is 5.75 Å². The van der Waals surface area contributed by atoms with Gasteiger partial charge in [0.25, 0.3) is 0 Å². The summed E-state index contributed by atoms with van der Waals surface area (Å²) in [5, 5.41) is 3.47. The third kappa shape index (κ3) is 3.57. The molecule has 0 aromatic heterocycles. The minimum atomic E-state index is -0.457. The van der Waals surface area contributed by atoms with Gasteiger partial charge in [-0.2, -0.15) is 0 Å². The molecule has 1 aliphatic rings. The van der Waals surface area contributed by atoms with Gasteiger partial charge in [-0.15, -0.1) is 0 Å². The van der Waals surface area contributed by atoms with Crippen LogP contribution in [0.3, 0.4) is 0 Å². The van der Waals surface area contributed by atoms with E-state index in [4.69, 9.17) is 16.3 Å². The first-order valence-corrected chi connectivity index (χ1v) is 6.84. The molecule has 0 bridgehead atoms. The Labute approximate surface area is 114 Å². The molecule has 0 radical (unpaired) electrons. The Morgan fingerprint density at radius 1 is 1.47 bits per heavy atom. The first-order chi connectivity index (χ1) is 8.16. The zero-order chi connectivity index (χ0) is 12.3. The number of piperidine rings is 1. The average molecular weight is 323 g/mol. The van der Waals surface area contributed by atoms with Gasteiger partial charge < -0.3 is 10.1 Å². The summed E-state index contributed by atoms with van der Waals surface area (Å²) >= 11 is 8.97. The highest BCUT2D eigenvalue weighted by Crippen LogP contribution is 2.30. The Balaban J connectivity index is 1.96. The van der Waals surface area contributed by atoms with E-state index in [0.717, 1.165) is 13.0 Å². The van der Waals surface area contributed by atoms with Crippen LogP contribution in [0.25, 0.3) is 0 Å². The van der Waals surface area contributed by atoms with Gasteiger partial charge in [-0.25, -0.2) is 4.39 Å². The van der Waals surface area contributed by atoms with Crippen molar-refractivity contribution in [2.24, 2.45) is 0 Å². The first kappa shape index (κ1) is 13.1. The van der Waals surface area contributed by atoms with Crippen LogP contribution in [0, 0.1) is 5.82 Å². The second-order valence-corrected chi connectivity index (χ2v) is 5.42. The standard InChI is InChI=1S/C12H14BrClFNO/c13-9-5-10(14)11(15)6-12(9)17-7-8-3-1-2-4-16-8/h5-6,8,16H,1-4,7H2. The minimum absolute atomic E-state index is 0.0972. The van der Waals surface area contributed by atoms with Crippen molar-refractivity contribution in [3.63, 3.8) is 0 Å². The summed E-state index contributed by atoms with van der Waals surface area (Å²) in [7, 11) is 0. The Hall–Kier alpha value is -0.320. The lowest BCUT2D eigenvalue weighted by Crippen LogP contribution is -2.38. The van der Waals surface area contributed by atoms with Crippen molar-refractivity contribution in [1.29, 1.82) is 0 Å². The third-order valence-corrected chi connectivity index (χ3v) is 3.74. The van der Waals surface area contributed by atoms with Gasteiger partial charge >= 0.3 is 0 Å². The van der Waals surface area contributed by atoms with Crippen LogP contribution >= 0.6 is 27.5 Å². The molecule has 17 heavy (non-hydrogen) atoms. The molecule has 1 aromatic rings. The molecule has 2 rings (SSSR count). The van der Waals surface area contributed by atoms with Crippen LogP contribution in [0.1, 0.15) is 19.3 Å². The summed E-state index contributed by atoms with van der Waals surface area (Å²) in [6, 6.07) is 3.19. The predicted molar refractivity (Wildman–Crippen MR) is 70.2 cm³/mol. The SMILES string of the molecule is Fc1cc(OCC2CCCCN2)c(Br)cc1Cl. The van der Waals surface area contributed by atoms with Crippen molar-refractivity contribution in [3.05, 3.63) is 27.4 Å². The third-order valence-electron chi connectivity index (χ3n) is 2.83. The Kier molecular flexibility index (Phi) is 4.65. The van der Waals surface area contributed by atoms with Gasteiger partial charge in [-0.3, -0.25) is 0 Å². The maximum atomic E-state index is 13.3. The lowest BCUT2D eigenvalue weighted by atomic mass is 10.1. The molecule has 1 N–H and O–H groups in total.